The maximum absolute atomic E-state index is 14.7. The number of para-hydroxylation sites is 4. The zero-order chi connectivity index (χ0) is 83.3. The number of aromatic nitrogens is 4. The van der Waals surface area contributed by atoms with Gasteiger partial charge in [-0.3, -0.25) is 28.7 Å². The first kappa shape index (κ1) is 84.7. The summed E-state index contributed by atoms with van der Waals surface area (Å²) in [7, 11) is -7.51. The molecular weight excluding hydrogens is 1600 g/mol. The fourth-order valence-corrected chi connectivity index (χ4v) is 19.7. The number of sulfonamides is 2. The van der Waals surface area contributed by atoms with Crippen LogP contribution in [0.5, 0.6) is 11.8 Å². The molecular formula is C86H98N12O17S4. The first-order valence-corrected chi connectivity index (χ1v) is 45.9. The number of carboxylic acids is 1. The van der Waals surface area contributed by atoms with Gasteiger partial charge in [0.05, 0.1) is 56.4 Å². The van der Waals surface area contributed by atoms with Crippen LogP contribution in [0.3, 0.4) is 0 Å². The number of hydrogen-bond acceptors (Lipinski definition) is 22. The monoisotopic (exact) mass is 1700 g/mol. The number of fused-ring (bicyclic) bond motifs is 6. The van der Waals surface area contributed by atoms with Gasteiger partial charge in [0.15, 0.2) is 0 Å². The number of aliphatic carboxylic acids is 1. The average molecular weight is 1700 g/mol. The van der Waals surface area contributed by atoms with Gasteiger partial charge in [0.2, 0.25) is 55.4 Å². The van der Waals surface area contributed by atoms with E-state index in [0.29, 0.717) is 71.1 Å². The molecule has 0 bridgehead atoms. The number of primary sulfonamides is 1. The van der Waals surface area contributed by atoms with Crippen molar-refractivity contribution in [2.75, 3.05) is 13.1 Å². The number of rotatable bonds is 17. The first-order valence-electron chi connectivity index (χ1n) is 40.8. The molecule has 8 N–H and O–H groups in total. The predicted molar refractivity (Wildman–Crippen MR) is 447 cm³/mol. The van der Waals surface area contributed by atoms with Gasteiger partial charge in [-0.15, -0.1) is 22.7 Å². The molecule has 10 atom stereocenters. The van der Waals surface area contributed by atoms with E-state index in [2.05, 4.69) is 26.0 Å². The van der Waals surface area contributed by atoms with Gasteiger partial charge in [-0.1, -0.05) is 147 Å². The zero-order valence-electron chi connectivity index (χ0n) is 65.7. The van der Waals surface area contributed by atoms with Crippen LogP contribution >= 0.6 is 22.7 Å². The van der Waals surface area contributed by atoms with E-state index in [0.717, 1.165) is 98.8 Å². The number of nitrogens with zero attached hydrogens (tertiary/aromatic N) is 6. The Bertz CT molecular complexity index is 5270. The number of benzene rings is 4. The van der Waals surface area contributed by atoms with Crippen molar-refractivity contribution in [3.05, 3.63) is 180 Å². The van der Waals surface area contributed by atoms with E-state index < -0.39 is 127 Å². The minimum Gasteiger partial charge on any atom is -0.479 e. The number of ether oxygens (including phenoxy) is 4. The molecule has 16 rings (SSSR count). The Morgan fingerprint density at radius 3 is 1.33 bits per heavy atom. The number of alkyl carbamates (subject to hydrolysis) is 2. The van der Waals surface area contributed by atoms with Crippen molar-refractivity contribution < 1.29 is 79.2 Å². The number of amides is 7. The average Bonchev–Trinajstić information content (AvgIpc) is 1.58. The van der Waals surface area contributed by atoms with E-state index >= 15 is 0 Å². The van der Waals surface area contributed by atoms with Crippen molar-refractivity contribution in [1.29, 1.82) is 0 Å². The molecule has 119 heavy (non-hydrogen) atoms. The number of hydrogen-bond donors (Lipinski definition) is 7. The molecule has 33 heteroatoms. The summed E-state index contributed by atoms with van der Waals surface area (Å²) in [4.78, 5) is 134. The highest BCUT2D eigenvalue weighted by Crippen LogP contribution is 2.48. The van der Waals surface area contributed by atoms with Gasteiger partial charge in [0.25, 0.3) is 5.91 Å². The molecule has 4 saturated carbocycles. The molecule has 8 aromatic rings. The van der Waals surface area contributed by atoms with Crippen LogP contribution in [0, 0.1) is 11.8 Å². The van der Waals surface area contributed by atoms with Crippen molar-refractivity contribution in [3.8, 4) is 32.9 Å². The summed E-state index contributed by atoms with van der Waals surface area (Å²) < 4.78 is 74.4. The summed E-state index contributed by atoms with van der Waals surface area (Å²) >= 11 is 2.97. The fourth-order valence-electron chi connectivity index (χ4n) is 16.4. The second-order valence-corrected chi connectivity index (χ2v) is 36.8. The van der Waals surface area contributed by atoms with Crippen LogP contribution in [-0.2, 0) is 69.8 Å². The summed E-state index contributed by atoms with van der Waals surface area (Å²) in [5.74, 6) is -4.85. The fraction of sp³-hybridized carbons (Fsp3) is 0.442. The summed E-state index contributed by atoms with van der Waals surface area (Å²) in [6.45, 7) is 0.00764. The van der Waals surface area contributed by atoms with Gasteiger partial charge in [0, 0.05) is 24.7 Å². The van der Waals surface area contributed by atoms with E-state index in [4.69, 9.17) is 44.0 Å². The van der Waals surface area contributed by atoms with Crippen molar-refractivity contribution in [1.82, 2.24) is 55.7 Å². The van der Waals surface area contributed by atoms with Crippen LogP contribution in [-0.4, -0.2) is 172 Å². The van der Waals surface area contributed by atoms with Crippen molar-refractivity contribution in [3.63, 3.8) is 0 Å². The highest BCUT2D eigenvalue weighted by atomic mass is 32.2. The number of nitrogens with one attached hydrogen (secondary N) is 5. The maximum atomic E-state index is 14.7. The Labute approximate surface area is 698 Å². The largest absolute Gasteiger partial charge is 0.479 e. The number of carbonyl (C=O) groups excluding carboxylic acids is 7. The highest BCUT2D eigenvalue weighted by molar-refractivity contribution is 7.89. The number of allylic oxidation sites excluding steroid dienone is 2. The summed E-state index contributed by atoms with van der Waals surface area (Å²) in [5.41, 5.74) is 1.94. The molecule has 4 aromatic carbocycles. The van der Waals surface area contributed by atoms with Gasteiger partial charge in [-0.05, 0) is 161 Å². The quantitative estimate of drug-likeness (QED) is 0.0416. The molecule has 6 fully saturated rings. The molecule has 8 aliphatic rings. The van der Waals surface area contributed by atoms with E-state index in [9.17, 15) is 60.3 Å². The molecule has 4 aromatic heterocycles. The van der Waals surface area contributed by atoms with Crippen LogP contribution in [0.25, 0.3) is 43.2 Å². The molecule has 8 heterocycles. The third-order valence-electron chi connectivity index (χ3n) is 22.8. The Morgan fingerprint density at radius 1 is 0.496 bits per heavy atom. The Morgan fingerprint density at radius 2 is 0.899 bits per heavy atom. The minimum absolute atomic E-state index is 0.0275. The predicted octanol–water partition coefficient (Wildman–Crippen LogP) is 11.5. The standard InChI is InChI=1S/C43H48N6O8S2.C36H41N5O7S.C7H9NO2S/c50-38-35-24-31(56-39-37(36-22-13-23-58-36)44-32-19-11-12-20-33(32)45-39)26-49(35)40(51)34(46-42(53)57-30-17-9-10-18-30)21-8-3-1-2-7-16-29-25-43(29,47-38)41(52)48-59(54,55)27-28-14-5-4-6-15-28;42-31-28-19-24(47-32-30(29-17-10-18-49-29)37-25-14-8-9-15-26(25)38-32)21-41(28)33(43)27(39-35(46)48-23-12-6-7-13-23)16-5-3-1-2-4-11-22-20-36(22,40-31)34(44)45;8-11(9,10)6-7-4-2-1-3-5-7/h4-7,11-16,19-20,22-23,29-31,34-35H,1-3,8-10,17-18,21,24-27H2,(H,46,53)(H,47,50)(H,48,52);4,8-11,14-15,17-18,22-24,27-28H,1-3,5-7,12-13,16,19-21H2,(H,39,46)(H,40,42)(H,44,45);1-5H,6H2,(H2,8,9,10)/b16-7-;11-4-;/t29?,31-,34+,35+,43-;22?,24-,27+,28+,36-;/m11./s1. The SMILES string of the molecule is NS(=O)(=O)Cc1ccccc1.O=C(N[C@H]1CCCCC/C=C\C2C[C@@]2(C(=O)NS(=O)(=O)Cc2ccccc2)NC(=O)[C@@H]2C[C@@H](Oc3nc4ccccc4nc3-c3cccs3)CN2C1=O)OC1CCCC1.O=C(N[C@H]1CCCCC/C=C\C2C[C@@]2(C(=O)O)NC(=O)[C@@H]2C[C@@H](Oc3nc4ccccc4nc3-c3cccs3)CN2C1=O)OC1CCCC1. The second-order valence-electron chi connectivity index (χ2n) is 31.6. The lowest BCUT2D eigenvalue weighted by molar-refractivity contribution is -0.145. The molecule has 7 amide bonds. The van der Waals surface area contributed by atoms with E-state index in [1.54, 1.807) is 54.6 Å². The molecule has 29 nitrogen and oxygen atoms in total. The lowest BCUT2D eigenvalue weighted by atomic mass is 10.0. The van der Waals surface area contributed by atoms with E-state index in [-0.39, 0.29) is 74.4 Å². The van der Waals surface area contributed by atoms with Gasteiger partial charge in [-0.2, -0.15) is 0 Å². The lowest BCUT2D eigenvalue weighted by Crippen LogP contribution is -2.58. The summed E-state index contributed by atoms with van der Waals surface area (Å²) in [6.07, 6.45) is 18.9. The third-order valence-corrected chi connectivity index (χ3v) is 26.5. The van der Waals surface area contributed by atoms with Crippen molar-refractivity contribution in [2.45, 2.75) is 212 Å². The molecule has 0 spiro atoms. The van der Waals surface area contributed by atoms with Crippen LogP contribution < -0.4 is 40.6 Å². The molecule has 2 saturated heterocycles. The third kappa shape index (κ3) is 21.7. The van der Waals surface area contributed by atoms with E-state index in [1.807, 2.05) is 114 Å². The van der Waals surface area contributed by atoms with Crippen LogP contribution in [0.15, 0.2) is 169 Å². The maximum Gasteiger partial charge on any atom is 0.408 e. The normalized spacial score (nSPS) is 25.6. The topological polar surface area (TPSA) is 406 Å². The molecule has 628 valence electrons. The van der Waals surface area contributed by atoms with Crippen LogP contribution in [0.4, 0.5) is 9.59 Å². The summed E-state index contributed by atoms with van der Waals surface area (Å²) in [6, 6.07) is 35.8. The molecule has 4 aliphatic carbocycles. The Balaban J connectivity index is 0.000000175. The van der Waals surface area contributed by atoms with Crippen molar-refractivity contribution in [2.24, 2.45) is 17.0 Å². The molecule has 2 unspecified atom stereocenters. The van der Waals surface area contributed by atoms with Crippen molar-refractivity contribution >= 4 is 112 Å². The number of carboxylic acid groups (broad SMARTS) is 1. The number of thiophene rings is 2. The minimum atomic E-state index is -4.14. The zero-order valence-corrected chi connectivity index (χ0v) is 69.0. The first-order chi connectivity index (χ1) is 57.4. The highest BCUT2D eigenvalue weighted by Gasteiger charge is 2.63. The second kappa shape index (κ2) is 38.1. The van der Waals surface area contributed by atoms with Gasteiger partial charge in [-0.25, -0.2) is 56.3 Å². The number of nitrogens with two attached hydrogens (primary N) is 1. The Kier molecular flexibility index (Phi) is 27.1. The van der Waals surface area contributed by atoms with E-state index in [1.165, 1.54) is 32.5 Å². The van der Waals surface area contributed by atoms with Gasteiger partial charge >= 0.3 is 18.2 Å². The van der Waals surface area contributed by atoms with Crippen LogP contribution in [0.2, 0.25) is 0 Å². The van der Waals surface area contributed by atoms with Gasteiger partial charge < -0.3 is 55.1 Å². The smallest absolute Gasteiger partial charge is 0.408 e. The lowest BCUT2D eigenvalue weighted by Gasteiger charge is -2.30. The van der Waals surface area contributed by atoms with Crippen LogP contribution in [0.1, 0.15) is 152 Å². The Hall–Kier alpha value is -10.7. The molecule has 0 radical (unpaired) electrons. The molecule has 4 aliphatic heterocycles. The van der Waals surface area contributed by atoms with Gasteiger partial charge in [0.1, 0.15) is 71.0 Å². The number of carbonyl (C=O) groups is 8. The summed E-state index contributed by atoms with van der Waals surface area (Å²) in [5, 5.41) is 30.2.